The van der Waals surface area contributed by atoms with E-state index in [1.54, 1.807) is 0 Å². The van der Waals surface area contributed by atoms with Crippen LogP contribution >= 0.6 is 0 Å². The van der Waals surface area contributed by atoms with Gasteiger partial charge < -0.3 is 5.11 Å². The zero-order chi connectivity index (χ0) is 8.10. The summed E-state index contributed by atoms with van der Waals surface area (Å²) in [5, 5.41) is 17.8. The molecule has 2 unspecified atom stereocenters. The molecule has 2 atom stereocenters. The fraction of sp³-hybridized carbons (Fsp3) is 0.889. The number of nitrogens with zero attached hydrogens (tertiary/aromatic N) is 1. The smallest absolute Gasteiger partial charge is 0.0621 e. The molecule has 0 aromatic carbocycles. The van der Waals surface area contributed by atoms with Gasteiger partial charge in [-0.2, -0.15) is 5.26 Å². The summed E-state index contributed by atoms with van der Waals surface area (Å²) in [5.74, 6) is 0.406. The molecule has 0 heterocycles. The van der Waals surface area contributed by atoms with Crippen LogP contribution in [0.1, 0.15) is 38.5 Å². The standard InChI is InChI=1S/C9H15NO/c10-7-3-5-8-4-1-2-6-9(8)11/h8-9,11H,1-6H2. The van der Waals surface area contributed by atoms with E-state index in [0.717, 1.165) is 25.7 Å². The van der Waals surface area contributed by atoms with E-state index in [4.69, 9.17) is 5.26 Å². The molecular formula is C9H15NO. The van der Waals surface area contributed by atoms with Gasteiger partial charge in [-0.3, -0.25) is 0 Å². The maximum Gasteiger partial charge on any atom is 0.0621 e. The van der Waals surface area contributed by atoms with Crippen LogP contribution in [-0.4, -0.2) is 11.2 Å². The molecule has 0 aliphatic heterocycles. The van der Waals surface area contributed by atoms with Crippen molar-refractivity contribution in [1.29, 1.82) is 5.26 Å². The van der Waals surface area contributed by atoms with Gasteiger partial charge in [0.05, 0.1) is 12.2 Å². The van der Waals surface area contributed by atoms with Gasteiger partial charge in [0.1, 0.15) is 0 Å². The summed E-state index contributed by atoms with van der Waals surface area (Å²) in [6.45, 7) is 0. The van der Waals surface area contributed by atoms with Crippen molar-refractivity contribution in [3.05, 3.63) is 0 Å². The lowest BCUT2D eigenvalue weighted by Crippen LogP contribution is -2.24. The summed E-state index contributed by atoms with van der Waals surface area (Å²) in [7, 11) is 0. The molecule has 0 spiro atoms. The van der Waals surface area contributed by atoms with Crippen LogP contribution in [0, 0.1) is 17.2 Å². The lowest BCUT2D eigenvalue weighted by Gasteiger charge is -2.26. The number of nitriles is 1. The largest absolute Gasteiger partial charge is 0.393 e. The first-order valence-corrected chi connectivity index (χ1v) is 4.39. The van der Waals surface area contributed by atoms with Crippen molar-refractivity contribution >= 4 is 0 Å². The van der Waals surface area contributed by atoms with Gasteiger partial charge in [-0.05, 0) is 25.2 Å². The average Bonchev–Trinajstić information content (AvgIpc) is 2.03. The van der Waals surface area contributed by atoms with Crippen LogP contribution in [0.3, 0.4) is 0 Å². The van der Waals surface area contributed by atoms with E-state index in [2.05, 4.69) is 6.07 Å². The maximum atomic E-state index is 9.49. The average molecular weight is 153 g/mol. The quantitative estimate of drug-likeness (QED) is 0.657. The number of hydrogen-bond acceptors (Lipinski definition) is 2. The summed E-state index contributed by atoms with van der Waals surface area (Å²) < 4.78 is 0. The van der Waals surface area contributed by atoms with E-state index in [0.29, 0.717) is 12.3 Å². The van der Waals surface area contributed by atoms with Gasteiger partial charge in [-0.25, -0.2) is 0 Å². The number of aliphatic hydroxyl groups is 1. The van der Waals surface area contributed by atoms with Gasteiger partial charge in [0.25, 0.3) is 0 Å². The predicted molar refractivity (Wildman–Crippen MR) is 42.8 cm³/mol. The molecule has 0 amide bonds. The topological polar surface area (TPSA) is 44.0 Å². The van der Waals surface area contributed by atoms with Crippen LogP contribution in [0.5, 0.6) is 0 Å². The molecule has 0 radical (unpaired) electrons. The first-order chi connectivity index (χ1) is 5.34. The molecule has 62 valence electrons. The van der Waals surface area contributed by atoms with E-state index in [1.165, 1.54) is 6.42 Å². The number of rotatable bonds is 2. The predicted octanol–water partition coefficient (Wildman–Crippen LogP) is 1.84. The monoisotopic (exact) mass is 153 g/mol. The minimum atomic E-state index is -0.128. The number of aliphatic hydroxyl groups excluding tert-OH is 1. The van der Waals surface area contributed by atoms with Gasteiger partial charge in [0.15, 0.2) is 0 Å². The van der Waals surface area contributed by atoms with Gasteiger partial charge in [0.2, 0.25) is 0 Å². The summed E-state index contributed by atoms with van der Waals surface area (Å²) in [6, 6.07) is 2.12. The summed E-state index contributed by atoms with van der Waals surface area (Å²) in [6.07, 6.45) is 5.80. The fourth-order valence-electron chi connectivity index (χ4n) is 1.77. The summed E-state index contributed by atoms with van der Waals surface area (Å²) in [5.41, 5.74) is 0. The molecule has 0 bridgehead atoms. The van der Waals surface area contributed by atoms with Crippen molar-refractivity contribution < 1.29 is 5.11 Å². The van der Waals surface area contributed by atoms with Crippen LogP contribution in [0.2, 0.25) is 0 Å². The van der Waals surface area contributed by atoms with Gasteiger partial charge in [0, 0.05) is 6.42 Å². The second-order valence-corrected chi connectivity index (χ2v) is 3.31. The molecule has 0 saturated heterocycles. The van der Waals surface area contributed by atoms with E-state index >= 15 is 0 Å². The van der Waals surface area contributed by atoms with Crippen molar-refractivity contribution in [1.82, 2.24) is 0 Å². The van der Waals surface area contributed by atoms with Gasteiger partial charge in [-0.1, -0.05) is 12.8 Å². The van der Waals surface area contributed by atoms with E-state index in [9.17, 15) is 5.11 Å². The Balaban J connectivity index is 2.25. The Kier molecular flexibility index (Phi) is 3.38. The van der Waals surface area contributed by atoms with Crippen LogP contribution in [0.15, 0.2) is 0 Å². The normalized spacial score (nSPS) is 31.3. The highest BCUT2D eigenvalue weighted by molar-refractivity contribution is 4.78. The SMILES string of the molecule is N#CCCC1CCCCC1O. The highest BCUT2D eigenvalue weighted by atomic mass is 16.3. The number of hydrogen-bond donors (Lipinski definition) is 1. The van der Waals surface area contributed by atoms with Crippen molar-refractivity contribution in [3.63, 3.8) is 0 Å². The third-order valence-corrected chi connectivity index (χ3v) is 2.50. The van der Waals surface area contributed by atoms with Crippen molar-refractivity contribution in [2.45, 2.75) is 44.6 Å². The third kappa shape index (κ3) is 2.51. The lowest BCUT2D eigenvalue weighted by atomic mass is 9.84. The van der Waals surface area contributed by atoms with Crippen LogP contribution in [0.25, 0.3) is 0 Å². The second-order valence-electron chi connectivity index (χ2n) is 3.31. The van der Waals surface area contributed by atoms with Crippen molar-refractivity contribution in [2.24, 2.45) is 5.92 Å². The second kappa shape index (κ2) is 4.35. The molecule has 1 rings (SSSR count). The molecule has 11 heavy (non-hydrogen) atoms. The first kappa shape index (κ1) is 8.55. The zero-order valence-electron chi connectivity index (χ0n) is 6.79. The zero-order valence-corrected chi connectivity index (χ0v) is 6.79. The Morgan fingerprint density at radius 3 is 2.73 bits per heavy atom. The molecule has 1 N–H and O–H groups in total. The third-order valence-electron chi connectivity index (χ3n) is 2.50. The minimum Gasteiger partial charge on any atom is -0.393 e. The van der Waals surface area contributed by atoms with Gasteiger partial charge in [-0.15, -0.1) is 0 Å². The van der Waals surface area contributed by atoms with Crippen molar-refractivity contribution in [2.75, 3.05) is 0 Å². The highest BCUT2D eigenvalue weighted by Gasteiger charge is 2.21. The molecule has 0 aromatic heterocycles. The summed E-state index contributed by atoms with van der Waals surface area (Å²) in [4.78, 5) is 0. The Labute approximate surface area is 67.8 Å². The molecule has 0 aromatic rings. The van der Waals surface area contributed by atoms with E-state index in [1.807, 2.05) is 0 Å². The Bertz CT molecular complexity index is 150. The minimum absolute atomic E-state index is 0.128. The Hall–Kier alpha value is -0.550. The first-order valence-electron chi connectivity index (χ1n) is 4.39. The molecule has 1 fully saturated rings. The Morgan fingerprint density at radius 2 is 2.09 bits per heavy atom. The highest BCUT2D eigenvalue weighted by Crippen LogP contribution is 2.27. The maximum absolute atomic E-state index is 9.49. The molecule has 1 saturated carbocycles. The molecule has 1 aliphatic rings. The lowest BCUT2D eigenvalue weighted by molar-refractivity contribution is 0.0661. The summed E-state index contributed by atoms with van der Waals surface area (Å²) >= 11 is 0. The van der Waals surface area contributed by atoms with E-state index in [-0.39, 0.29) is 6.10 Å². The molecule has 2 nitrogen and oxygen atoms in total. The Morgan fingerprint density at radius 1 is 1.36 bits per heavy atom. The molecule has 1 aliphatic carbocycles. The van der Waals surface area contributed by atoms with Crippen molar-refractivity contribution in [3.8, 4) is 6.07 Å². The van der Waals surface area contributed by atoms with Gasteiger partial charge >= 0.3 is 0 Å². The van der Waals surface area contributed by atoms with E-state index < -0.39 is 0 Å². The fourth-order valence-corrected chi connectivity index (χ4v) is 1.77. The molecule has 2 heteroatoms. The van der Waals surface area contributed by atoms with Crippen LogP contribution < -0.4 is 0 Å². The molecular weight excluding hydrogens is 138 g/mol. The van der Waals surface area contributed by atoms with Crippen LogP contribution in [-0.2, 0) is 0 Å². The van der Waals surface area contributed by atoms with Crippen LogP contribution in [0.4, 0.5) is 0 Å².